The first-order chi connectivity index (χ1) is 10.1. The summed E-state index contributed by atoms with van der Waals surface area (Å²) in [7, 11) is -3.20. The quantitative estimate of drug-likeness (QED) is 0.570. The summed E-state index contributed by atoms with van der Waals surface area (Å²) in [6, 6.07) is 7.52. The molecular formula is C13H20N2O2S4. The van der Waals surface area contributed by atoms with Crippen LogP contribution in [0.3, 0.4) is 0 Å². The smallest absolute Gasteiger partial charge is 0.212 e. The van der Waals surface area contributed by atoms with Crippen LogP contribution in [-0.2, 0) is 10.0 Å². The molecule has 0 saturated carbocycles. The molecule has 8 heteroatoms. The lowest BCUT2D eigenvalue weighted by Gasteiger charge is -2.21. The van der Waals surface area contributed by atoms with Crippen LogP contribution in [-0.4, -0.2) is 49.0 Å². The van der Waals surface area contributed by atoms with Gasteiger partial charge in [0, 0.05) is 45.4 Å². The molecule has 1 aromatic carbocycles. The van der Waals surface area contributed by atoms with E-state index in [1.165, 1.54) is 17.5 Å². The Morgan fingerprint density at radius 2 is 2.14 bits per heavy atom. The zero-order valence-corrected chi connectivity index (χ0v) is 14.9. The van der Waals surface area contributed by atoms with E-state index < -0.39 is 10.0 Å². The minimum atomic E-state index is -3.20. The van der Waals surface area contributed by atoms with Crippen LogP contribution < -0.4 is 10.5 Å². The van der Waals surface area contributed by atoms with Crippen molar-refractivity contribution in [1.82, 2.24) is 4.72 Å². The maximum Gasteiger partial charge on any atom is 0.212 e. The lowest BCUT2D eigenvalue weighted by atomic mass is 10.3. The highest BCUT2D eigenvalue weighted by molar-refractivity contribution is 8.06. The summed E-state index contributed by atoms with van der Waals surface area (Å²) in [5.41, 5.74) is 6.53. The Hall–Kier alpha value is -0.0200. The van der Waals surface area contributed by atoms with E-state index in [2.05, 4.69) is 4.72 Å². The number of nitrogens with one attached hydrogen (secondary N) is 1. The Kier molecular flexibility index (Phi) is 7.07. The van der Waals surface area contributed by atoms with Crippen molar-refractivity contribution in [3.63, 3.8) is 0 Å². The van der Waals surface area contributed by atoms with Crippen molar-refractivity contribution in [1.29, 1.82) is 0 Å². The van der Waals surface area contributed by atoms with Gasteiger partial charge in [-0.1, -0.05) is 12.1 Å². The van der Waals surface area contributed by atoms with E-state index in [1.807, 2.05) is 47.8 Å². The molecule has 1 heterocycles. The SMILES string of the molecule is Nc1ccccc1SCCS(=O)(=O)NCC1CSCCS1. The lowest BCUT2D eigenvalue weighted by Crippen LogP contribution is -2.35. The van der Waals surface area contributed by atoms with Gasteiger partial charge in [0.15, 0.2) is 0 Å². The molecule has 1 unspecified atom stereocenters. The summed E-state index contributed by atoms with van der Waals surface area (Å²) in [6.07, 6.45) is 0. The summed E-state index contributed by atoms with van der Waals surface area (Å²) >= 11 is 5.24. The van der Waals surface area contributed by atoms with Gasteiger partial charge in [-0.05, 0) is 12.1 Å². The first-order valence-electron chi connectivity index (χ1n) is 6.71. The van der Waals surface area contributed by atoms with Gasteiger partial charge in [0.05, 0.1) is 5.75 Å². The molecule has 118 valence electrons. The van der Waals surface area contributed by atoms with E-state index in [0.29, 0.717) is 23.2 Å². The Labute approximate surface area is 139 Å². The number of thioether (sulfide) groups is 3. The molecule has 1 aliphatic heterocycles. The van der Waals surface area contributed by atoms with Crippen LogP contribution in [0.5, 0.6) is 0 Å². The second-order valence-corrected chi connectivity index (χ2v) is 10.2. The second kappa shape index (κ2) is 8.57. The monoisotopic (exact) mass is 364 g/mol. The summed E-state index contributed by atoms with van der Waals surface area (Å²) in [6.45, 7) is 0.540. The normalized spacial score (nSPS) is 19.5. The molecule has 3 N–H and O–H groups in total. The predicted octanol–water partition coefficient (Wildman–Crippen LogP) is 2.13. The number of benzene rings is 1. The number of hydrogen-bond acceptors (Lipinski definition) is 6. The van der Waals surface area contributed by atoms with E-state index in [9.17, 15) is 8.42 Å². The Bertz CT molecular complexity index is 545. The Balaban J connectivity index is 1.72. The highest BCUT2D eigenvalue weighted by Gasteiger charge is 2.17. The fourth-order valence-corrected chi connectivity index (χ4v) is 6.98. The van der Waals surface area contributed by atoms with Gasteiger partial charge in [-0.15, -0.1) is 11.8 Å². The van der Waals surface area contributed by atoms with Crippen LogP contribution >= 0.6 is 35.3 Å². The van der Waals surface area contributed by atoms with Gasteiger partial charge in [0.2, 0.25) is 10.0 Å². The van der Waals surface area contributed by atoms with Crippen LogP contribution in [0.2, 0.25) is 0 Å². The first kappa shape index (κ1) is 17.3. The molecule has 1 atom stereocenters. The highest BCUT2D eigenvalue weighted by Crippen LogP contribution is 2.25. The van der Waals surface area contributed by atoms with Crippen LogP contribution in [0, 0.1) is 0 Å². The second-order valence-electron chi connectivity index (χ2n) is 4.62. The minimum Gasteiger partial charge on any atom is -0.398 e. The molecule has 1 aromatic rings. The molecule has 21 heavy (non-hydrogen) atoms. The number of para-hydroxylation sites is 1. The van der Waals surface area contributed by atoms with Gasteiger partial charge < -0.3 is 5.73 Å². The van der Waals surface area contributed by atoms with Crippen molar-refractivity contribution in [2.24, 2.45) is 0 Å². The largest absolute Gasteiger partial charge is 0.398 e. The molecule has 1 saturated heterocycles. The number of anilines is 1. The third kappa shape index (κ3) is 6.32. The van der Waals surface area contributed by atoms with Gasteiger partial charge in [0.25, 0.3) is 0 Å². The van der Waals surface area contributed by atoms with Crippen LogP contribution in [0.1, 0.15) is 0 Å². The lowest BCUT2D eigenvalue weighted by molar-refractivity contribution is 0.583. The van der Waals surface area contributed by atoms with E-state index in [0.717, 1.165) is 16.4 Å². The van der Waals surface area contributed by atoms with Crippen molar-refractivity contribution in [3.8, 4) is 0 Å². The fourth-order valence-electron chi connectivity index (χ4n) is 1.82. The molecular weight excluding hydrogens is 344 g/mol. The van der Waals surface area contributed by atoms with Gasteiger partial charge in [0.1, 0.15) is 0 Å². The number of rotatable bonds is 7. The molecule has 0 aliphatic carbocycles. The maximum absolute atomic E-state index is 12.0. The van der Waals surface area contributed by atoms with Gasteiger partial charge in [-0.2, -0.15) is 23.5 Å². The number of sulfonamides is 1. The molecule has 0 amide bonds. The topological polar surface area (TPSA) is 72.2 Å². The van der Waals surface area contributed by atoms with Gasteiger partial charge in [-0.3, -0.25) is 0 Å². The van der Waals surface area contributed by atoms with Crippen LogP contribution in [0.25, 0.3) is 0 Å². The average molecular weight is 365 g/mol. The summed E-state index contributed by atoms with van der Waals surface area (Å²) in [4.78, 5) is 0.937. The van der Waals surface area contributed by atoms with Crippen molar-refractivity contribution < 1.29 is 8.42 Å². The molecule has 2 rings (SSSR count). The van der Waals surface area contributed by atoms with Crippen molar-refractivity contribution in [2.75, 3.05) is 41.0 Å². The van der Waals surface area contributed by atoms with Gasteiger partial charge >= 0.3 is 0 Å². The average Bonchev–Trinajstić information content (AvgIpc) is 2.48. The molecule has 1 aliphatic rings. The van der Waals surface area contributed by atoms with E-state index >= 15 is 0 Å². The number of nitrogens with two attached hydrogens (primary N) is 1. The zero-order valence-electron chi connectivity index (χ0n) is 11.7. The molecule has 0 bridgehead atoms. The van der Waals surface area contributed by atoms with Crippen LogP contribution in [0.15, 0.2) is 29.2 Å². The summed E-state index contributed by atoms with van der Waals surface area (Å²) in [5, 5.41) is 0.399. The van der Waals surface area contributed by atoms with Crippen molar-refractivity contribution in [3.05, 3.63) is 24.3 Å². The number of hydrogen-bond donors (Lipinski definition) is 2. The summed E-state index contributed by atoms with van der Waals surface area (Å²) in [5.74, 6) is 3.94. The Morgan fingerprint density at radius 1 is 1.33 bits per heavy atom. The molecule has 1 fully saturated rings. The maximum atomic E-state index is 12.0. The minimum absolute atomic E-state index is 0.122. The fraction of sp³-hybridized carbons (Fsp3) is 0.538. The van der Waals surface area contributed by atoms with Gasteiger partial charge in [-0.25, -0.2) is 13.1 Å². The molecule has 0 spiro atoms. The Morgan fingerprint density at radius 3 is 2.86 bits per heavy atom. The number of nitrogen functional groups attached to an aromatic ring is 1. The van der Waals surface area contributed by atoms with Crippen LogP contribution in [0.4, 0.5) is 5.69 Å². The van der Waals surface area contributed by atoms with E-state index in [4.69, 9.17) is 5.73 Å². The highest BCUT2D eigenvalue weighted by atomic mass is 32.2. The van der Waals surface area contributed by atoms with Crippen molar-refractivity contribution >= 4 is 51.0 Å². The molecule has 0 aromatic heterocycles. The third-order valence-corrected chi connectivity index (χ3v) is 8.49. The third-order valence-electron chi connectivity index (χ3n) is 2.94. The van der Waals surface area contributed by atoms with E-state index in [-0.39, 0.29) is 5.75 Å². The summed E-state index contributed by atoms with van der Waals surface area (Å²) < 4.78 is 26.7. The first-order valence-corrected chi connectivity index (χ1v) is 11.5. The molecule has 4 nitrogen and oxygen atoms in total. The van der Waals surface area contributed by atoms with E-state index in [1.54, 1.807) is 0 Å². The zero-order chi connectivity index (χ0) is 15.1. The molecule has 0 radical (unpaired) electrons. The van der Waals surface area contributed by atoms with Crippen molar-refractivity contribution in [2.45, 2.75) is 10.1 Å². The standard InChI is InChI=1S/C13H20N2O2S4/c14-12-3-1-2-4-13(12)20-7-8-21(16,17)15-9-11-10-18-5-6-19-11/h1-4,11,15H,5-10,14H2. The predicted molar refractivity (Wildman–Crippen MR) is 96.9 cm³/mol.